The van der Waals surface area contributed by atoms with Crippen LogP contribution in [0.2, 0.25) is 0 Å². The lowest BCUT2D eigenvalue weighted by Crippen LogP contribution is -2.41. The van der Waals surface area contributed by atoms with Gasteiger partial charge in [0.15, 0.2) is 0 Å². The molecule has 1 aromatic rings. The van der Waals surface area contributed by atoms with Gasteiger partial charge in [0.1, 0.15) is 11.9 Å². The Hall–Kier alpha value is -1.51. The molecule has 2 rings (SSSR count). The van der Waals surface area contributed by atoms with Gasteiger partial charge in [-0.3, -0.25) is 4.79 Å². The highest BCUT2D eigenvalue weighted by Crippen LogP contribution is 2.13. The molecule has 1 saturated heterocycles. The fraction of sp³-hybridized carbons (Fsp3) is 0.533. The summed E-state index contributed by atoms with van der Waals surface area (Å²) in [5.74, 6) is -0.689. The molecule has 0 spiro atoms. The number of nitrogens with one attached hydrogen (secondary N) is 1. The number of halogens is 1. The number of carbonyl (C=O) groups is 1. The highest BCUT2D eigenvalue weighted by atomic mass is 32.2. The molecule has 1 heterocycles. The molecule has 1 unspecified atom stereocenters. The van der Waals surface area contributed by atoms with Crippen LogP contribution >= 0.6 is 0 Å². The lowest BCUT2D eigenvalue weighted by molar-refractivity contribution is -0.130. The van der Waals surface area contributed by atoms with Crippen LogP contribution in [0, 0.1) is 5.82 Å². The van der Waals surface area contributed by atoms with Crippen LogP contribution in [0.25, 0.3) is 0 Å². The van der Waals surface area contributed by atoms with Crippen LogP contribution in [0.1, 0.15) is 18.4 Å². The number of ether oxygens (including phenoxy) is 1. The predicted molar refractivity (Wildman–Crippen MR) is 83.6 cm³/mol. The molecule has 1 aliphatic rings. The molecule has 1 aromatic carbocycles. The zero-order valence-electron chi connectivity index (χ0n) is 13.0. The van der Waals surface area contributed by atoms with Gasteiger partial charge in [-0.05, 0) is 18.9 Å². The van der Waals surface area contributed by atoms with E-state index in [0.717, 1.165) is 17.0 Å². The van der Waals surface area contributed by atoms with Gasteiger partial charge in [0.05, 0.1) is 6.26 Å². The maximum atomic E-state index is 13.7. The standard InChI is InChI=1S/C15H21FN2O4S/c1-23(20,21)18(11-12-5-2-3-6-13(12)16)9-8-17-15(19)14-7-4-10-22-14/h2-3,5-6,14H,4,7-11H2,1H3,(H,17,19). The Kier molecular flexibility index (Phi) is 6.09. The van der Waals surface area contributed by atoms with E-state index >= 15 is 0 Å². The van der Waals surface area contributed by atoms with Crippen molar-refractivity contribution in [2.24, 2.45) is 0 Å². The third-order valence-electron chi connectivity index (χ3n) is 3.66. The van der Waals surface area contributed by atoms with E-state index < -0.39 is 21.9 Å². The second-order valence-electron chi connectivity index (χ2n) is 5.48. The minimum Gasteiger partial charge on any atom is -0.368 e. The smallest absolute Gasteiger partial charge is 0.249 e. The van der Waals surface area contributed by atoms with Crippen molar-refractivity contribution in [2.45, 2.75) is 25.5 Å². The SMILES string of the molecule is CS(=O)(=O)N(CCNC(=O)C1CCCO1)Cc1ccccc1F. The van der Waals surface area contributed by atoms with Crippen LogP contribution in [0.15, 0.2) is 24.3 Å². The molecule has 0 saturated carbocycles. The van der Waals surface area contributed by atoms with Gasteiger partial charge in [-0.25, -0.2) is 12.8 Å². The summed E-state index contributed by atoms with van der Waals surface area (Å²) < 4.78 is 43.8. The molecule has 6 nitrogen and oxygen atoms in total. The second kappa shape index (κ2) is 7.85. The van der Waals surface area contributed by atoms with Crippen molar-refractivity contribution in [2.75, 3.05) is 26.0 Å². The molecule has 0 aromatic heterocycles. The lowest BCUT2D eigenvalue weighted by Gasteiger charge is -2.21. The zero-order valence-corrected chi connectivity index (χ0v) is 13.8. The lowest BCUT2D eigenvalue weighted by atomic mass is 10.2. The van der Waals surface area contributed by atoms with E-state index in [4.69, 9.17) is 4.74 Å². The Labute approximate surface area is 135 Å². The summed E-state index contributed by atoms with van der Waals surface area (Å²) in [4.78, 5) is 11.8. The monoisotopic (exact) mass is 344 g/mol. The fourth-order valence-corrected chi connectivity index (χ4v) is 3.18. The summed E-state index contributed by atoms with van der Waals surface area (Å²) >= 11 is 0. The van der Waals surface area contributed by atoms with Gasteiger partial charge in [0.25, 0.3) is 0 Å². The first-order valence-corrected chi connectivity index (χ1v) is 9.30. The Bertz CT molecular complexity index is 645. The van der Waals surface area contributed by atoms with E-state index in [9.17, 15) is 17.6 Å². The average Bonchev–Trinajstić information content (AvgIpc) is 3.01. The van der Waals surface area contributed by atoms with Crippen LogP contribution < -0.4 is 5.32 Å². The van der Waals surface area contributed by atoms with Crippen LogP contribution in [0.3, 0.4) is 0 Å². The molecular formula is C15H21FN2O4S. The van der Waals surface area contributed by atoms with Crippen molar-refractivity contribution >= 4 is 15.9 Å². The summed E-state index contributed by atoms with van der Waals surface area (Å²) in [6, 6.07) is 6.02. The molecule has 1 fully saturated rings. The molecule has 1 N–H and O–H groups in total. The summed E-state index contributed by atoms with van der Waals surface area (Å²) in [6.07, 6.45) is 2.14. The maximum absolute atomic E-state index is 13.7. The van der Waals surface area contributed by atoms with Gasteiger partial charge in [-0.1, -0.05) is 18.2 Å². The molecule has 128 valence electrons. The average molecular weight is 344 g/mol. The molecule has 0 radical (unpaired) electrons. The largest absolute Gasteiger partial charge is 0.368 e. The Morgan fingerprint density at radius 1 is 1.43 bits per heavy atom. The quantitative estimate of drug-likeness (QED) is 0.797. The highest BCUT2D eigenvalue weighted by Gasteiger charge is 2.24. The molecule has 8 heteroatoms. The van der Waals surface area contributed by atoms with E-state index in [-0.39, 0.29) is 25.5 Å². The second-order valence-corrected chi connectivity index (χ2v) is 7.46. The number of hydrogen-bond acceptors (Lipinski definition) is 4. The van der Waals surface area contributed by atoms with Crippen molar-refractivity contribution in [3.05, 3.63) is 35.6 Å². The van der Waals surface area contributed by atoms with E-state index in [1.165, 1.54) is 6.07 Å². The number of hydrogen-bond donors (Lipinski definition) is 1. The maximum Gasteiger partial charge on any atom is 0.249 e. The Morgan fingerprint density at radius 3 is 2.78 bits per heavy atom. The number of nitrogens with zero attached hydrogens (tertiary/aromatic N) is 1. The van der Waals surface area contributed by atoms with Gasteiger partial charge in [0.2, 0.25) is 15.9 Å². The number of rotatable bonds is 7. The first-order valence-electron chi connectivity index (χ1n) is 7.46. The van der Waals surface area contributed by atoms with Crippen molar-refractivity contribution in [3.8, 4) is 0 Å². The molecular weight excluding hydrogens is 323 g/mol. The van der Waals surface area contributed by atoms with Crippen molar-refractivity contribution in [3.63, 3.8) is 0 Å². The van der Waals surface area contributed by atoms with E-state index in [0.29, 0.717) is 18.6 Å². The molecule has 0 aliphatic carbocycles. The van der Waals surface area contributed by atoms with Gasteiger partial charge >= 0.3 is 0 Å². The Balaban J connectivity index is 1.92. The van der Waals surface area contributed by atoms with Gasteiger partial charge in [-0.2, -0.15) is 4.31 Å². The van der Waals surface area contributed by atoms with Crippen molar-refractivity contribution < 1.29 is 22.3 Å². The predicted octanol–water partition coefficient (Wildman–Crippen LogP) is 0.883. The minimum absolute atomic E-state index is 0.0681. The first kappa shape index (κ1) is 17.8. The molecule has 0 bridgehead atoms. The van der Waals surface area contributed by atoms with Gasteiger partial charge < -0.3 is 10.1 Å². The van der Waals surface area contributed by atoms with E-state index in [2.05, 4.69) is 5.32 Å². The number of amides is 1. The normalized spacial score (nSPS) is 18.3. The summed E-state index contributed by atoms with van der Waals surface area (Å²) in [5, 5.41) is 2.66. The number of carbonyl (C=O) groups excluding carboxylic acids is 1. The van der Waals surface area contributed by atoms with Gasteiger partial charge in [-0.15, -0.1) is 0 Å². The first-order chi connectivity index (χ1) is 10.9. The topological polar surface area (TPSA) is 75.7 Å². The fourth-order valence-electron chi connectivity index (χ4n) is 2.38. The molecule has 1 aliphatic heterocycles. The summed E-state index contributed by atoms with van der Waals surface area (Å²) in [7, 11) is -3.51. The van der Waals surface area contributed by atoms with Crippen molar-refractivity contribution in [1.29, 1.82) is 0 Å². The van der Waals surface area contributed by atoms with Crippen LogP contribution in [-0.4, -0.2) is 50.7 Å². The third-order valence-corrected chi connectivity index (χ3v) is 4.91. The number of benzene rings is 1. The Morgan fingerprint density at radius 2 is 2.17 bits per heavy atom. The van der Waals surface area contributed by atoms with Crippen LogP contribution in [-0.2, 0) is 26.1 Å². The van der Waals surface area contributed by atoms with E-state index in [1.807, 2.05) is 0 Å². The van der Waals surface area contributed by atoms with E-state index in [1.54, 1.807) is 18.2 Å². The number of sulfonamides is 1. The van der Waals surface area contributed by atoms with Crippen LogP contribution in [0.4, 0.5) is 4.39 Å². The van der Waals surface area contributed by atoms with Crippen LogP contribution in [0.5, 0.6) is 0 Å². The molecule has 1 atom stereocenters. The molecule has 1 amide bonds. The van der Waals surface area contributed by atoms with Gasteiger partial charge in [0, 0.05) is 31.8 Å². The third kappa shape index (κ3) is 5.26. The van der Waals surface area contributed by atoms with Crippen molar-refractivity contribution in [1.82, 2.24) is 9.62 Å². The summed E-state index contributed by atoms with van der Waals surface area (Å²) in [6.45, 7) is 0.730. The zero-order chi connectivity index (χ0) is 16.9. The minimum atomic E-state index is -3.51. The molecule has 23 heavy (non-hydrogen) atoms. The highest BCUT2D eigenvalue weighted by molar-refractivity contribution is 7.88. The summed E-state index contributed by atoms with van der Waals surface area (Å²) in [5.41, 5.74) is 0.295.